The van der Waals surface area contributed by atoms with E-state index in [1.165, 1.54) is 5.56 Å². The van der Waals surface area contributed by atoms with E-state index >= 15 is 0 Å². The van der Waals surface area contributed by atoms with E-state index in [-0.39, 0.29) is 0 Å². The van der Waals surface area contributed by atoms with Crippen molar-refractivity contribution in [3.63, 3.8) is 0 Å². The number of epoxide rings is 1. The number of aromatic hydroxyl groups is 1. The third-order valence-electron chi connectivity index (χ3n) is 3.19. The first-order chi connectivity index (χ1) is 7.20. The van der Waals surface area contributed by atoms with E-state index in [9.17, 15) is 5.11 Å². The van der Waals surface area contributed by atoms with Crippen molar-refractivity contribution in [2.45, 2.75) is 44.8 Å². The highest BCUT2D eigenvalue weighted by molar-refractivity contribution is 5.29. The van der Waals surface area contributed by atoms with E-state index in [2.05, 4.69) is 19.9 Å². The maximum Gasteiger partial charge on any atom is 0.115 e. The normalized spacial score (nSPS) is 26.3. The second-order valence-corrected chi connectivity index (χ2v) is 4.32. The molecule has 0 saturated carbocycles. The molecule has 1 aliphatic rings. The van der Waals surface area contributed by atoms with Crippen LogP contribution in [0.1, 0.15) is 38.2 Å². The predicted molar refractivity (Wildman–Crippen MR) is 60.1 cm³/mol. The molecule has 0 bridgehead atoms. The molecule has 3 unspecified atom stereocenters. The summed E-state index contributed by atoms with van der Waals surface area (Å²) in [4.78, 5) is 0. The molecule has 0 amide bonds. The SMILES string of the molecule is CCC(CC1OC1C)c1cccc(O)c1. The van der Waals surface area contributed by atoms with Crippen LogP contribution < -0.4 is 0 Å². The van der Waals surface area contributed by atoms with Crippen LogP contribution >= 0.6 is 0 Å². The molecule has 1 aromatic rings. The molecule has 1 heterocycles. The molecule has 1 fully saturated rings. The Bertz CT molecular complexity index is 335. The van der Waals surface area contributed by atoms with E-state index in [1.807, 2.05) is 12.1 Å². The summed E-state index contributed by atoms with van der Waals surface area (Å²) < 4.78 is 5.44. The van der Waals surface area contributed by atoms with Crippen LogP contribution in [0.3, 0.4) is 0 Å². The quantitative estimate of drug-likeness (QED) is 0.768. The number of phenols is 1. The summed E-state index contributed by atoms with van der Waals surface area (Å²) in [6.07, 6.45) is 3.02. The Morgan fingerprint density at radius 3 is 2.73 bits per heavy atom. The van der Waals surface area contributed by atoms with Crippen molar-refractivity contribution in [3.05, 3.63) is 29.8 Å². The van der Waals surface area contributed by atoms with Crippen molar-refractivity contribution < 1.29 is 9.84 Å². The Kier molecular flexibility index (Phi) is 2.96. The summed E-state index contributed by atoms with van der Waals surface area (Å²) in [7, 11) is 0. The van der Waals surface area contributed by atoms with Crippen LogP contribution in [-0.2, 0) is 4.74 Å². The van der Waals surface area contributed by atoms with Crippen LogP contribution in [-0.4, -0.2) is 17.3 Å². The van der Waals surface area contributed by atoms with E-state index in [0.29, 0.717) is 23.9 Å². The van der Waals surface area contributed by atoms with Crippen LogP contribution in [0.25, 0.3) is 0 Å². The lowest BCUT2D eigenvalue weighted by atomic mass is 9.91. The van der Waals surface area contributed by atoms with Gasteiger partial charge in [-0.1, -0.05) is 19.1 Å². The number of ether oxygens (including phenoxy) is 1. The lowest BCUT2D eigenvalue weighted by molar-refractivity contribution is 0.357. The Balaban J connectivity index is 2.05. The molecule has 1 aromatic carbocycles. The molecule has 2 nitrogen and oxygen atoms in total. The molecular weight excluding hydrogens is 188 g/mol. The first-order valence-corrected chi connectivity index (χ1v) is 5.65. The maximum atomic E-state index is 9.43. The summed E-state index contributed by atoms with van der Waals surface area (Å²) in [6.45, 7) is 4.29. The molecule has 3 atom stereocenters. The van der Waals surface area contributed by atoms with Gasteiger partial charge in [-0.15, -0.1) is 0 Å². The topological polar surface area (TPSA) is 32.8 Å². The van der Waals surface area contributed by atoms with Crippen molar-refractivity contribution >= 4 is 0 Å². The molecule has 82 valence electrons. The van der Waals surface area contributed by atoms with Crippen LogP contribution in [0, 0.1) is 0 Å². The number of phenolic OH excluding ortho intramolecular Hbond substituents is 1. The van der Waals surface area contributed by atoms with Gasteiger partial charge in [-0.05, 0) is 43.4 Å². The molecule has 2 rings (SSSR count). The monoisotopic (exact) mass is 206 g/mol. The fourth-order valence-electron chi connectivity index (χ4n) is 2.08. The zero-order chi connectivity index (χ0) is 10.8. The molecule has 1 saturated heterocycles. The van der Waals surface area contributed by atoms with Gasteiger partial charge in [0.1, 0.15) is 5.75 Å². The molecule has 1 N–H and O–H groups in total. The molecule has 0 aliphatic carbocycles. The lowest BCUT2D eigenvalue weighted by Gasteiger charge is -2.14. The van der Waals surface area contributed by atoms with Crippen LogP contribution in [0.2, 0.25) is 0 Å². The van der Waals surface area contributed by atoms with E-state index < -0.39 is 0 Å². The van der Waals surface area contributed by atoms with E-state index in [4.69, 9.17) is 4.74 Å². The number of benzene rings is 1. The second-order valence-electron chi connectivity index (χ2n) is 4.32. The van der Waals surface area contributed by atoms with Crippen LogP contribution in [0.4, 0.5) is 0 Å². The minimum atomic E-state index is 0.357. The first-order valence-electron chi connectivity index (χ1n) is 5.65. The molecule has 1 aliphatic heterocycles. The average molecular weight is 206 g/mol. The van der Waals surface area contributed by atoms with Gasteiger partial charge in [-0.2, -0.15) is 0 Å². The van der Waals surface area contributed by atoms with Gasteiger partial charge < -0.3 is 9.84 Å². The van der Waals surface area contributed by atoms with E-state index in [0.717, 1.165) is 12.8 Å². The molecule has 2 heteroatoms. The Morgan fingerprint density at radius 1 is 1.47 bits per heavy atom. The van der Waals surface area contributed by atoms with Crippen molar-refractivity contribution in [2.24, 2.45) is 0 Å². The van der Waals surface area contributed by atoms with Crippen molar-refractivity contribution in [1.82, 2.24) is 0 Å². The summed E-state index contributed by atoms with van der Waals surface area (Å²) in [5.41, 5.74) is 1.22. The third kappa shape index (κ3) is 2.51. The Morgan fingerprint density at radius 2 is 2.20 bits per heavy atom. The summed E-state index contributed by atoms with van der Waals surface area (Å²) in [6, 6.07) is 7.57. The average Bonchev–Trinajstić information content (AvgIpc) is 2.91. The van der Waals surface area contributed by atoms with Gasteiger partial charge in [0.2, 0.25) is 0 Å². The van der Waals surface area contributed by atoms with Crippen LogP contribution in [0.5, 0.6) is 5.75 Å². The fraction of sp³-hybridized carbons (Fsp3) is 0.538. The van der Waals surface area contributed by atoms with Crippen molar-refractivity contribution in [2.75, 3.05) is 0 Å². The van der Waals surface area contributed by atoms with Gasteiger partial charge in [-0.3, -0.25) is 0 Å². The highest BCUT2D eigenvalue weighted by Gasteiger charge is 2.35. The summed E-state index contributed by atoms with van der Waals surface area (Å²) >= 11 is 0. The Hall–Kier alpha value is -1.02. The zero-order valence-electron chi connectivity index (χ0n) is 9.31. The van der Waals surface area contributed by atoms with E-state index in [1.54, 1.807) is 6.07 Å². The molecule has 0 spiro atoms. The minimum absolute atomic E-state index is 0.357. The third-order valence-corrected chi connectivity index (χ3v) is 3.19. The summed E-state index contributed by atoms with van der Waals surface area (Å²) in [5.74, 6) is 0.864. The molecule has 0 aromatic heterocycles. The van der Waals surface area contributed by atoms with Gasteiger partial charge in [0.05, 0.1) is 12.2 Å². The smallest absolute Gasteiger partial charge is 0.115 e. The highest BCUT2D eigenvalue weighted by atomic mass is 16.6. The first kappa shape index (κ1) is 10.5. The standard InChI is InChI=1S/C13H18O2/c1-3-10(8-13-9(2)15-13)11-5-4-6-12(14)7-11/h4-7,9-10,13-14H,3,8H2,1-2H3. The second kappa shape index (κ2) is 4.23. The fourth-order valence-corrected chi connectivity index (χ4v) is 2.08. The van der Waals surface area contributed by atoms with Crippen molar-refractivity contribution in [1.29, 1.82) is 0 Å². The summed E-state index contributed by atoms with van der Waals surface area (Å²) in [5, 5.41) is 9.43. The number of hydrogen-bond acceptors (Lipinski definition) is 2. The van der Waals surface area contributed by atoms with Gasteiger partial charge in [0.25, 0.3) is 0 Å². The van der Waals surface area contributed by atoms with Gasteiger partial charge in [0.15, 0.2) is 0 Å². The lowest BCUT2D eigenvalue weighted by Crippen LogP contribution is -2.02. The molecule has 0 radical (unpaired) electrons. The minimum Gasteiger partial charge on any atom is -0.508 e. The van der Waals surface area contributed by atoms with Gasteiger partial charge in [0, 0.05) is 0 Å². The number of rotatable bonds is 4. The van der Waals surface area contributed by atoms with Gasteiger partial charge in [-0.25, -0.2) is 0 Å². The maximum absolute atomic E-state index is 9.43. The van der Waals surface area contributed by atoms with Crippen LogP contribution in [0.15, 0.2) is 24.3 Å². The van der Waals surface area contributed by atoms with Crippen molar-refractivity contribution in [3.8, 4) is 5.75 Å². The largest absolute Gasteiger partial charge is 0.508 e. The highest BCUT2D eigenvalue weighted by Crippen LogP contribution is 2.34. The van der Waals surface area contributed by atoms with Gasteiger partial charge >= 0.3 is 0 Å². The molecule has 15 heavy (non-hydrogen) atoms. The number of hydrogen-bond donors (Lipinski definition) is 1. The predicted octanol–water partition coefficient (Wildman–Crippen LogP) is 3.06. The molecular formula is C13H18O2. The zero-order valence-corrected chi connectivity index (χ0v) is 9.31. The Labute approximate surface area is 90.9 Å².